The van der Waals surface area contributed by atoms with E-state index in [1.54, 1.807) is 120 Å². The van der Waals surface area contributed by atoms with Crippen molar-refractivity contribution in [2.45, 2.75) is 88.1 Å². The van der Waals surface area contributed by atoms with Crippen LogP contribution in [0.4, 0.5) is 11.6 Å². The van der Waals surface area contributed by atoms with Crippen LogP contribution in [0.3, 0.4) is 0 Å². The molecule has 13 atom stereocenters. The molecule has 524 valence electrons. The molecule has 2 amide bonds. The number of anilines is 2. The Kier molecular flexibility index (Phi) is 23.7. The second kappa shape index (κ2) is 32.6. The van der Waals surface area contributed by atoms with Crippen LogP contribution in [0, 0.1) is 30.2 Å². The Balaban J connectivity index is 0.00000500. The number of rotatable bonds is 29. The number of fused-ring (bicyclic) bond motifs is 3. The smallest absolute Gasteiger partial charge is 0.338 e. The number of hydrogen-bond donors (Lipinski definition) is 2. The number of nitrogens with zero attached hydrogens (tertiary/aromatic N) is 15. The minimum absolute atomic E-state index is 0.0277. The number of carbonyl (C=O) groups is 3. The summed E-state index contributed by atoms with van der Waals surface area (Å²) in [5, 5.41) is 17.6. The Morgan fingerprint density at radius 1 is 0.610 bits per heavy atom. The summed E-state index contributed by atoms with van der Waals surface area (Å²) < 4.78 is 101. The van der Waals surface area contributed by atoms with Gasteiger partial charge in [-0.3, -0.25) is 32.4 Å². The zero-order chi connectivity index (χ0) is 70.7. The molecule has 0 spiro atoms. The zero-order valence-electron chi connectivity index (χ0n) is 54.2. The van der Waals surface area contributed by atoms with Crippen molar-refractivity contribution in [2.24, 2.45) is 5.92 Å². The molecule has 3 aromatic carbocycles. The van der Waals surface area contributed by atoms with Gasteiger partial charge in [-0.1, -0.05) is 61.5 Å². The van der Waals surface area contributed by atoms with Gasteiger partial charge in [0, 0.05) is 62.7 Å². The molecule has 6 aromatic heterocycles. The van der Waals surface area contributed by atoms with E-state index < -0.39 is 106 Å². The van der Waals surface area contributed by atoms with Gasteiger partial charge >= 0.3 is 27.0 Å². The molecule has 39 heteroatoms. The second-order valence-electron chi connectivity index (χ2n) is 22.4. The van der Waals surface area contributed by atoms with Crippen LogP contribution in [0.25, 0.3) is 38.3 Å². The maximum Gasteiger partial charge on any atom is 0.338 e. The van der Waals surface area contributed by atoms with E-state index in [0.717, 1.165) is 0 Å². The minimum atomic E-state index is -4.16. The van der Waals surface area contributed by atoms with Gasteiger partial charge in [-0.15, -0.1) is 0 Å². The number of hydrogen-bond acceptors (Lipinski definition) is 30. The van der Waals surface area contributed by atoms with Crippen molar-refractivity contribution >= 4 is 108 Å². The number of methoxy groups -OCH3 is 1. The first-order valence-corrected chi connectivity index (χ1v) is 37.6. The highest BCUT2D eigenvalue weighted by Gasteiger charge is 2.53. The van der Waals surface area contributed by atoms with Crippen LogP contribution in [0.2, 0.25) is 0 Å². The fourth-order valence-electron chi connectivity index (χ4n) is 11.5. The highest BCUT2D eigenvalue weighted by Crippen LogP contribution is 2.58. The number of aromatic nitrogens is 12. The third-order valence-corrected chi connectivity index (χ3v) is 23.3. The summed E-state index contributed by atoms with van der Waals surface area (Å²) in [6.45, 7) is 2.17. The van der Waals surface area contributed by atoms with Gasteiger partial charge in [0.2, 0.25) is 6.54 Å². The zero-order valence-corrected chi connectivity index (χ0v) is 58.5. The van der Waals surface area contributed by atoms with Gasteiger partial charge < -0.3 is 70.8 Å². The van der Waals surface area contributed by atoms with Crippen molar-refractivity contribution in [1.82, 2.24) is 58.6 Å². The van der Waals surface area contributed by atoms with Crippen LogP contribution < -0.4 is 10.6 Å². The summed E-state index contributed by atoms with van der Waals surface area (Å²) in [7, 11) is 1.94. The molecule has 0 saturated carbocycles. The first kappa shape index (κ1) is 72.9. The van der Waals surface area contributed by atoms with Crippen molar-refractivity contribution in [3.8, 4) is 0 Å². The summed E-state index contributed by atoms with van der Waals surface area (Å²) in [6.07, 6.45) is -1.44. The van der Waals surface area contributed by atoms with Gasteiger partial charge in [-0.2, -0.15) is 0 Å². The van der Waals surface area contributed by atoms with Crippen molar-refractivity contribution in [3.05, 3.63) is 163 Å². The average molecular weight is 1470 g/mol. The summed E-state index contributed by atoms with van der Waals surface area (Å²) in [5.74, 6) is -2.01. The topological polar surface area (TPSA) is 395 Å². The molecule has 9 aromatic rings. The third-order valence-electron chi connectivity index (χ3n) is 16.5. The molecule has 3 saturated heterocycles. The summed E-state index contributed by atoms with van der Waals surface area (Å²) >= 11 is 12.5. The summed E-state index contributed by atoms with van der Waals surface area (Å²) in [6, 6.07) is 25.5. The van der Waals surface area contributed by atoms with E-state index in [1.165, 1.54) is 64.6 Å². The molecular weight excluding hydrogens is 1400 g/mol. The Bertz CT molecular complexity index is 4570. The predicted octanol–water partition coefficient (Wildman–Crippen LogP) is 9.02. The van der Waals surface area contributed by atoms with Crippen LogP contribution >= 0.6 is 21.0 Å². The van der Waals surface area contributed by atoms with Gasteiger partial charge in [0.05, 0.1) is 61.8 Å². The van der Waals surface area contributed by atoms with Gasteiger partial charge in [-0.05, 0) is 73.4 Å². The standard InChI is InChI=1S/C61H66N15O17P3S2.N2/c1-36-43(89-59(48(36)91-61(79)40-21-15-10-16-22-40)75-34-70-46-51(64-31-67-54(46)75)72-56(77)38-17-11-8-12-18-38)28-87-96(98,85-25-24-62-3)93-50-49(81-4)44(90-60(50)76-35-71-47-52(65-32-68-55(47)76)73-57(78)39-19-13-9-14-20-39)29-86-95(97,84-7)92-42-27-41(23-26-94(80,82-5)83-6)88-58(42)74-33-69-45-37(2)63-30-66-53(45)74;1-2/h8-22,30-36,41-44,48-50,58-60H,23-29H2,1-2,4-7H3,(H,64,67,72,77)(H,65,68,73,78);/t36-,41-,42-,43-,44-,48-,49-,50-,58-,59-,60-,95?,96?;/m1./s1. The second-order valence-corrected chi connectivity index (χ2v) is 30.8. The molecule has 100 heavy (non-hydrogen) atoms. The number of imidazole rings is 3. The van der Waals surface area contributed by atoms with Crippen LogP contribution in [-0.2, 0) is 88.1 Å². The third kappa shape index (κ3) is 16.0. The molecule has 9 heterocycles. The Morgan fingerprint density at radius 3 is 1.66 bits per heavy atom. The number of nitrogens with one attached hydrogen (secondary N) is 2. The van der Waals surface area contributed by atoms with Crippen molar-refractivity contribution in [1.29, 1.82) is 10.8 Å². The maximum atomic E-state index is 14.0. The lowest BCUT2D eigenvalue weighted by Crippen LogP contribution is -2.37. The number of amides is 2. The highest BCUT2D eigenvalue weighted by atomic mass is 32.5. The van der Waals surface area contributed by atoms with Crippen molar-refractivity contribution < 1.29 is 78.8 Å². The van der Waals surface area contributed by atoms with E-state index in [0.29, 0.717) is 28.0 Å². The first-order chi connectivity index (χ1) is 48.5. The average Bonchev–Trinajstić information content (AvgIpc) is 1.61. The van der Waals surface area contributed by atoms with E-state index >= 15 is 0 Å². The van der Waals surface area contributed by atoms with Gasteiger partial charge in [0.15, 0.2) is 64.4 Å². The van der Waals surface area contributed by atoms with Crippen molar-refractivity contribution in [3.63, 3.8) is 0 Å². The molecule has 0 aliphatic carbocycles. The van der Waals surface area contributed by atoms with Crippen LogP contribution in [0.1, 0.15) is 75.2 Å². The molecule has 2 N–H and O–H groups in total. The SMILES string of the molecule is N#N.[C-]#[N+]CCOP(=S)(OC[C@H]1O[C@@H](n2cnc3c(NC(=O)c4ccccc4)ncnc32)[C@H](OC(=O)c2ccccc2)[C@@H]1C)O[C@@H]1[C@H](OC)[C@@H](COP(=S)(OC)O[C@@H]2C[C@@H](CCP(=O)(OC)OC)O[C@H]2n2cnc3c(C)ncnc32)O[C@H]1n1cnc2c(NC(=O)c3ccccc3)ncnc21. The molecule has 2 unspecified atom stereocenters. The number of esters is 1. The molecule has 12 rings (SSSR count). The normalized spacial score (nSPS) is 23.3. The maximum absolute atomic E-state index is 14.0. The van der Waals surface area contributed by atoms with E-state index in [9.17, 15) is 18.9 Å². The monoisotopic (exact) mass is 1470 g/mol. The predicted molar refractivity (Wildman–Crippen MR) is 361 cm³/mol. The Morgan fingerprint density at radius 2 is 1.11 bits per heavy atom. The quantitative estimate of drug-likeness (QED) is 0.0145. The lowest BCUT2D eigenvalue weighted by molar-refractivity contribution is -0.0608. The lowest BCUT2D eigenvalue weighted by Gasteiger charge is -2.31. The molecule has 3 fully saturated rings. The van der Waals surface area contributed by atoms with E-state index in [2.05, 4.69) is 60.3 Å². The van der Waals surface area contributed by atoms with E-state index in [-0.39, 0.29) is 84.9 Å². The van der Waals surface area contributed by atoms with Gasteiger partial charge in [0.1, 0.15) is 55.5 Å². The highest BCUT2D eigenvalue weighted by molar-refractivity contribution is 8.07. The van der Waals surface area contributed by atoms with E-state index in [4.69, 9.17) is 101 Å². The molecule has 3 aliphatic heterocycles. The molecule has 0 bridgehead atoms. The Hall–Kier alpha value is -8.32. The van der Waals surface area contributed by atoms with Crippen LogP contribution in [0.15, 0.2) is 129 Å². The van der Waals surface area contributed by atoms with Crippen molar-refractivity contribution in [2.75, 3.05) is 71.6 Å². The Labute approximate surface area is 581 Å². The molecule has 34 nitrogen and oxygen atoms in total. The fraction of sp³-hybridized carbons (Fsp3) is 0.393. The largest absolute Gasteiger partial charge is 0.454 e. The number of aryl methyl sites for hydroxylation is 1. The number of ether oxygens (including phenoxy) is 5. The number of benzene rings is 3. The first-order valence-electron chi connectivity index (χ1n) is 30.7. The summed E-state index contributed by atoms with van der Waals surface area (Å²) in [4.78, 5) is 84.9. The molecule has 0 radical (unpaired) electrons. The molecule has 3 aliphatic rings. The van der Waals surface area contributed by atoms with Crippen LogP contribution in [0.5, 0.6) is 0 Å². The minimum Gasteiger partial charge on any atom is -0.454 e. The van der Waals surface area contributed by atoms with Gasteiger partial charge in [0.25, 0.3) is 11.8 Å². The lowest BCUT2D eigenvalue weighted by atomic mass is 10.0. The van der Waals surface area contributed by atoms with Crippen LogP contribution in [-0.4, -0.2) is 180 Å². The fourth-order valence-corrected chi connectivity index (χ4v) is 16.3. The van der Waals surface area contributed by atoms with Gasteiger partial charge in [-0.25, -0.2) is 56.2 Å². The molecular formula is C61H66N17O17P3S2. The summed E-state index contributed by atoms with van der Waals surface area (Å²) in [5.41, 5.74) is 3.43. The van der Waals surface area contributed by atoms with E-state index in [1.807, 2.05) is 0 Å². The number of carbonyl (C=O) groups excluding carboxylic acids is 3.